The molecular weight excluding hydrogens is 312 g/mol. The van der Waals surface area contributed by atoms with Gasteiger partial charge < -0.3 is 4.74 Å². The molecule has 7 heteroatoms. The monoisotopic (exact) mass is 316 g/mol. The zero-order chi connectivity index (χ0) is 12.5. The molecule has 0 aromatic heterocycles. The second kappa shape index (κ2) is 4.63. The van der Waals surface area contributed by atoms with E-state index in [1.54, 1.807) is 0 Å². The largest absolute Gasteiger partial charge is 0.497 e. The highest BCUT2D eigenvalue weighted by molar-refractivity contribution is 9.10. The number of hydrogen-bond donors (Lipinski definition) is 0. The molecule has 0 saturated carbocycles. The highest BCUT2D eigenvalue weighted by Crippen LogP contribution is 2.39. The Hall–Kier alpha value is -0.750. The van der Waals surface area contributed by atoms with Gasteiger partial charge in [-0.15, -0.1) is 0 Å². The molecule has 0 saturated heterocycles. The van der Waals surface area contributed by atoms with Gasteiger partial charge >= 0.3 is 6.18 Å². The lowest BCUT2D eigenvalue weighted by Gasteiger charge is -2.13. The van der Waals surface area contributed by atoms with Crippen molar-refractivity contribution in [2.75, 3.05) is 7.11 Å². The SMILES string of the molecule is COc1cc(C(=O)Cl)c(Br)c(C(F)(F)F)c1. The molecule has 16 heavy (non-hydrogen) atoms. The second-order valence-electron chi connectivity index (χ2n) is 2.81. The minimum atomic E-state index is -4.59. The Labute approximate surface area is 102 Å². The van der Waals surface area contributed by atoms with Crippen LogP contribution in [0.5, 0.6) is 5.75 Å². The molecule has 2 nitrogen and oxygen atoms in total. The molecule has 0 atom stereocenters. The third-order valence-electron chi connectivity index (χ3n) is 1.80. The van der Waals surface area contributed by atoms with Crippen LogP contribution in [-0.2, 0) is 6.18 Å². The summed E-state index contributed by atoms with van der Waals surface area (Å²) in [5.74, 6) is -0.0838. The number of carbonyl (C=O) groups excluding carboxylic acids is 1. The second-order valence-corrected chi connectivity index (χ2v) is 3.94. The number of rotatable bonds is 2. The van der Waals surface area contributed by atoms with Gasteiger partial charge in [-0.1, -0.05) is 0 Å². The first-order valence-corrected chi connectivity index (χ1v) is 5.09. The summed E-state index contributed by atoms with van der Waals surface area (Å²) in [6.07, 6.45) is -4.59. The third kappa shape index (κ3) is 2.68. The lowest BCUT2D eigenvalue weighted by Crippen LogP contribution is -2.09. The molecule has 0 fully saturated rings. The molecule has 1 aromatic carbocycles. The van der Waals surface area contributed by atoms with Gasteiger partial charge in [-0.25, -0.2) is 0 Å². The Morgan fingerprint density at radius 2 is 2.00 bits per heavy atom. The number of alkyl halides is 3. The number of carbonyl (C=O) groups is 1. The molecule has 1 aromatic rings. The summed E-state index contributed by atoms with van der Waals surface area (Å²) in [4.78, 5) is 10.9. The molecule has 0 aliphatic rings. The van der Waals surface area contributed by atoms with Crippen LogP contribution in [0.3, 0.4) is 0 Å². The summed E-state index contributed by atoms with van der Waals surface area (Å²) in [6, 6.07) is 1.92. The Morgan fingerprint density at radius 1 is 1.44 bits per heavy atom. The average Bonchev–Trinajstić information content (AvgIpc) is 2.15. The van der Waals surface area contributed by atoms with Gasteiger partial charge in [0.1, 0.15) is 5.75 Å². The number of hydrogen-bond acceptors (Lipinski definition) is 2. The van der Waals surface area contributed by atoms with E-state index in [0.717, 1.165) is 12.1 Å². The van der Waals surface area contributed by atoms with Gasteiger partial charge in [0.25, 0.3) is 5.24 Å². The van der Waals surface area contributed by atoms with Crippen molar-refractivity contribution in [3.63, 3.8) is 0 Å². The van der Waals surface area contributed by atoms with Crippen molar-refractivity contribution in [2.24, 2.45) is 0 Å². The van der Waals surface area contributed by atoms with E-state index in [-0.39, 0.29) is 15.8 Å². The molecule has 0 bridgehead atoms. The summed E-state index contributed by atoms with van der Waals surface area (Å²) in [5.41, 5.74) is -1.29. The van der Waals surface area contributed by atoms with Gasteiger partial charge in [0.05, 0.1) is 18.2 Å². The molecule has 0 radical (unpaired) electrons. The number of methoxy groups -OCH3 is 1. The van der Waals surface area contributed by atoms with Crippen LogP contribution in [0, 0.1) is 0 Å². The van der Waals surface area contributed by atoms with Crippen molar-refractivity contribution < 1.29 is 22.7 Å². The summed E-state index contributed by atoms with van der Waals surface area (Å²) < 4.78 is 42.0. The Morgan fingerprint density at radius 3 is 2.38 bits per heavy atom. The Balaban J connectivity index is 3.50. The van der Waals surface area contributed by atoms with Crippen molar-refractivity contribution in [1.82, 2.24) is 0 Å². The zero-order valence-electron chi connectivity index (χ0n) is 7.86. The fourth-order valence-electron chi connectivity index (χ4n) is 1.07. The fraction of sp³-hybridized carbons (Fsp3) is 0.222. The van der Waals surface area contributed by atoms with Gasteiger partial charge in [-0.05, 0) is 39.7 Å². The average molecular weight is 317 g/mol. The highest BCUT2D eigenvalue weighted by atomic mass is 79.9. The smallest absolute Gasteiger partial charge is 0.417 e. The lowest BCUT2D eigenvalue weighted by molar-refractivity contribution is -0.138. The molecule has 0 aliphatic carbocycles. The maximum atomic E-state index is 12.6. The van der Waals surface area contributed by atoms with Crippen LogP contribution in [-0.4, -0.2) is 12.4 Å². The molecular formula is C9H5BrClF3O2. The van der Waals surface area contributed by atoms with E-state index in [1.165, 1.54) is 7.11 Å². The van der Waals surface area contributed by atoms with Gasteiger partial charge in [-0.3, -0.25) is 4.79 Å². The van der Waals surface area contributed by atoms with Crippen molar-refractivity contribution >= 4 is 32.8 Å². The van der Waals surface area contributed by atoms with Crippen LogP contribution < -0.4 is 4.74 Å². The molecule has 1 rings (SSSR count). The van der Waals surface area contributed by atoms with Crippen LogP contribution in [0.25, 0.3) is 0 Å². The van der Waals surface area contributed by atoms with Crippen LogP contribution >= 0.6 is 27.5 Å². The molecule has 0 unspecified atom stereocenters. The van der Waals surface area contributed by atoms with Crippen molar-refractivity contribution in [2.45, 2.75) is 6.18 Å². The zero-order valence-corrected chi connectivity index (χ0v) is 10.2. The summed E-state index contributed by atoms with van der Waals surface area (Å²) in [7, 11) is 1.20. The Kier molecular flexibility index (Phi) is 3.85. The first-order valence-electron chi connectivity index (χ1n) is 3.92. The fourth-order valence-corrected chi connectivity index (χ4v) is 1.96. The number of ether oxygens (including phenoxy) is 1. The molecule has 0 aliphatic heterocycles. The molecule has 0 spiro atoms. The van der Waals surface area contributed by atoms with Crippen LogP contribution in [0.4, 0.5) is 13.2 Å². The van der Waals surface area contributed by atoms with Crippen molar-refractivity contribution in [1.29, 1.82) is 0 Å². The summed E-state index contributed by atoms with van der Waals surface area (Å²) in [5, 5.41) is -0.990. The predicted molar refractivity (Wildman–Crippen MR) is 55.9 cm³/mol. The van der Waals surface area contributed by atoms with Crippen LogP contribution in [0.15, 0.2) is 16.6 Å². The lowest BCUT2D eigenvalue weighted by atomic mass is 10.1. The van der Waals surface area contributed by atoms with Gasteiger partial charge in [-0.2, -0.15) is 13.2 Å². The van der Waals surface area contributed by atoms with Crippen molar-refractivity contribution in [3.05, 3.63) is 27.7 Å². The molecule has 88 valence electrons. The number of benzene rings is 1. The van der Waals surface area contributed by atoms with E-state index in [1.807, 2.05) is 0 Å². The van der Waals surface area contributed by atoms with E-state index in [2.05, 4.69) is 20.7 Å². The van der Waals surface area contributed by atoms with Crippen LogP contribution in [0.2, 0.25) is 0 Å². The third-order valence-corrected chi connectivity index (χ3v) is 2.86. The first-order chi connectivity index (χ1) is 7.27. The van der Waals surface area contributed by atoms with E-state index in [9.17, 15) is 18.0 Å². The highest BCUT2D eigenvalue weighted by Gasteiger charge is 2.35. The van der Waals surface area contributed by atoms with E-state index in [0.29, 0.717) is 0 Å². The molecule has 0 N–H and O–H groups in total. The van der Waals surface area contributed by atoms with Crippen molar-refractivity contribution in [3.8, 4) is 5.75 Å². The van der Waals surface area contributed by atoms with E-state index in [4.69, 9.17) is 11.6 Å². The van der Waals surface area contributed by atoms with Gasteiger partial charge in [0.15, 0.2) is 0 Å². The minimum Gasteiger partial charge on any atom is -0.497 e. The Bertz CT molecular complexity index is 431. The van der Waals surface area contributed by atoms with E-state index >= 15 is 0 Å². The minimum absolute atomic E-state index is 0.0838. The topological polar surface area (TPSA) is 26.3 Å². The van der Waals surface area contributed by atoms with Gasteiger partial charge in [0.2, 0.25) is 0 Å². The maximum absolute atomic E-state index is 12.6. The summed E-state index contributed by atoms with van der Waals surface area (Å²) in [6.45, 7) is 0. The molecule has 0 amide bonds. The number of halogens is 5. The maximum Gasteiger partial charge on any atom is 0.417 e. The predicted octanol–water partition coefficient (Wildman–Crippen LogP) is 3.86. The van der Waals surface area contributed by atoms with Gasteiger partial charge in [0, 0.05) is 4.47 Å². The molecule has 0 heterocycles. The van der Waals surface area contributed by atoms with E-state index < -0.39 is 17.0 Å². The normalized spacial score (nSPS) is 11.4. The quantitative estimate of drug-likeness (QED) is 0.774. The first kappa shape index (κ1) is 13.3. The standard InChI is InChI=1S/C9H5BrClF3O2/c1-16-4-2-5(8(11)15)7(10)6(3-4)9(12,13)14/h2-3H,1H3. The van der Waals surface area contributed by atoms with Crippen LogP contribution in [0.1, 0.15) is 15.9 Å². The summed E-state index contributed by atoms with van der Waals surface area (Å²) >= 11 is 7.87.